The second-order valence-electron chi connectivity index (χ2n) is 7.27. The van der Waals surface area contributed by atoms with Crippen LogP contribution in [0.4, 0.5) is 5.69 Å². The van der Waals surface area contributed by atoms with Gasteiger partial charge in [-0.3, -0.25) is 19.2 Å². The fourth-order valence-corrected chi connectivity index (χ4v) is 4.15. The van der Waals surface area contributed by atoms with E-state index in [0.29, 0.717) is 6.54 Å². The van der Waals surface area contributed by atoms with Gasteiger partial charge in [0.15, 0.2) is 0 Å². The fraction of sp³-hybridized carbons (Fsp3) is 0.500. The zero-order valence-corrected chi connectivity index (χ0v) is 15.1. The fourth-order valence-electron chi connectivity index (χ4n) is 4.15. The molecule has 2 aromatic rings. The smallest absolute Gasteiger partial charge is 0.246 e. The van der Waals surface area contributed by atoms with Gasteiger partial charge in [0, 0.05) is 45.4 Å². The minimum absolute atomic E-state index is 0.0469. The van der Waals surface area contributed by atoms with Gasteiger partial charge in [-0.05, 0) is 12.5 Å². The second-order valence-corrected chi connectivity index (χ2v) is 7.27. The number of anilines is 1. The highest BCUT2D eigenvalue weighted by molar-refractivity contribution is 5.98. The van der Waals surface area contributed by atoms with Gasteiger partial charge < -0.3 is 14.2 Å². The Kier molecular flexibility index (Phi) is 4.07. The first-order chi connectivity index (χ1) is 12.5. The van der Waals surface area contributed by atoms with Crippen molar-refractivity contribution in [2.24, 2.45) is 7.05 Å². The van der Waals surface area contributed by atoms with E-state index in [1.807, 2.05) is 19.3 Å². The maximum atomic E-state index is 12.7. The van der Waals surface area contributed by atoms with Crippen LogP contribution in [0.3, 0.4) is 0 Å². The Morgan fingerprint density at radius 2 is 2.23 bits per heavy atom. The molecule has 2 fully saturated rings. The molecular weight excluding hydrogens is 334 g/mol. The van der Waals surface area contributed by atoms with Gasteiger partial charge in [0.2, 0.25) is 11.8 Å². The van der Waals surface area contributed by atoms with Crippen molar-refractivity contribution in [3.63, 3.8) is 0 Å². The van der Waals surface area contributed by atoms with Crippen LogP contribution in [0.25, 0.3) is 0 Å². The zero-order valence-electron chi connectivity index (χ0n) is 15.1. The third kappa shape index (κ3) is 2.90. The monoisotopic (exact) mass is 357 g/mol. The van der Waals surface area contributed by atoms with Gasteiger partial charge in [-0.15, -0.1) is 0 Å². The molecule has 4 rings (SSSR count). The van der Waals surface area contributed by atoms with Crippen molar-refractivity contribution in [1.29, 1.82) is 0 Å². The number of nitrogens with zero attached hydrogens (tertiary/aromatic N) is 5. The van der Waals surface area contributed by atoms with Crippen LogP contribution in [0, 0.1) is 0 Å². The van der Waals surface area contributed by atoms with Crippen molar-refractivity contribution >= 4 is 17.5 Å². The van der Waals surface area contributed by atoms with Crippen LogP contribution in [-0.2, 0) is 23.2 Å². The molecule has 0 saturated carbocycles. The van der Waals surface area contributed by atoms with Crippen LogP contribution in [0.2, 0.25) is 0 Å². The van der Waals surface area contributed by atoms with Crippen LogP contribution in [0.1, 0.15) is 18.9 Å². The summed E-state index contributed by atoms with van der Waals surface area (Å²) < 4.78 is 6.85. The molecule has 0 radical (unpaired) electrons. The molecule has 0 unspecified atom stereocenters. The topological polar surface area (TPSA) is 74.8 Å². The second kappa shape index (κ2) is 6.28. The SMILES string of the molecule is CC(=O)N1CC(=O)N(c2cnn(C)c2)C[C@@]12CCN(Cc1ccoc1)C2. The number of aryl methyl sites for hydroxylation is 1. The number of aromatic nitrogens is 2. The summed E-state index contributed by atoms with van der Waals surface area (Å²) in [7, 11) is 1.83. The van der Waals surface area contributed by atoms with Gasteiger partial charge in [-0.25, -0.2) is 0 Å². The number of carbonyl (C=O) groups excluding carboxylic acids is 2. The van der Waals surface area contributed by atoms with Crippen molar-refractivity contribution in [2.75, 3.05) is 31.1 Å². The molecule has 2 aromatic heterocycles. The van der Waals surface area contributed by atoms with Gasteiger partial charge in [-0.1, -0.05) is 0 Å². The van der Waals surface area contributed by atoms with Crippen molar-refractivity contribution < 1.29 is 14.0 Å². The standard InChI is InChI=1S/C18H23N5O3/c1-14(24)23-10-17(25)22(16-7-19-20(2)9-16)13-18(23)4-5-21(12-18)8-15-3-6-26-11-15/h3,6-7,9,11H,4-5,8,10,12-13H2,1-2H3/t18-/m0/s1. The quantitative estimate of drug-likeness (QED) is 0.814. The van der Waals surface area contributed by atoms with E-state index in [4.69, 9.17) is 4.42 Å². The van der Waals surface area contributed by atoms with E-state index in [0.717, 1.165) is 37.3 Å². The average molecular weight is 357 g/mol. The van der Waals surface area contributed by atoms with E-state index in [2.05, 4.69) is 10.00 Å². The zero-order chi connectivity index (χ0) is 18.3. The number of carbonyl (C=O) groups is 2. The molecule has 2 amide bonds. The average Bonchev–Trinajstić information content (AvgIpc) is 3.33. The van der Waals surface area contributed by atoms with Crippen molar-refractivity contribution in [1.82, 2.24) is 19.6 Å². The first-order valence-corrected chi connectivity index (χ1v) is 8.77. The minimum Gasteiger partial charge on any atom is -0.472 e. The van der Waals surface area contributed by atoms with E-state index in [1.54, 1.807) is 40.1 Å². The number of hydrogen-bond acceptors (Lipinski definition) is 5. The van der Waals surface area contributed by atoms with Crippen LogP contribution >= 0.6 is 0 Å². The predicted octanol–water partition coefficient (Wildman–Crippen LogP) is 0.853. The van der Waals surface area contributed by atoms with Crippen LogP contribution in [-0.4, -0.2) is 63.1 Å². The first kappa shape index (κ1) is 16.8. The Bertz CT molecular complexity index is 815. The summed E-state index contributed by atoms with van der Waals surface area (Å²) in [6, 6.07) is 1.96. The van der Waals surface area contributed by atoms with Gasteiger partial charge in [0.1, 0.15) is 6.54 Å². The van der Waals surface area contributed by atoms with Crippen LogP contribution in [0.5, 0.6) is 0 Å². The highest BCUT2D eigenvalue weighted by atomic mass is 16.3. The summed E-state index contributed by atoms with van der Waals surface area (Å²) in [6.07, 6.45) is 7.81. The lowest BCUT2D eigenvalue weighted by molar-refractivity contribution is -0.142. The molecule has 138 valence electrons. The van der Waals surface area contributed by atoms with Crippen molar-refractivity contribution in [3.8, 4) is 0 Å². The summed E-state index contributed by atoms with van der Waals surface area (Å²) in [6.45, 7) is 4.56. The van der Waals surface area contributed by atoms with E-state index in [-0.39, 0.29) is 23.9 Å². The maximum absolute atomic E-state index is 12.7. The minimum atomic E-state index is -0.362. The molecule has 0 bridgehead atoms. The predicted molar refractivity (Wildman–Crippen MR) is 94.3 cm³/mol. The van der Waals surface area contributed by atoms with Gasteiger partial charge >= 0.3 is 0 Å². The molecular formula is C18H23N5O3. The number of rotatable bonds is 3. The molecule has 1 spiro atoms. The summed E-state index contributed by atoms with van der Waals surface area (Å²) in [5, 5.41) is 4.18. The molecule has 0 N–H and O–H groups in total. The number of hydrogen-bond donors (Lipinski definition) is 0. The number of furan rings is 1. The lowest BCUT2D eigenvalue weighted by Gasteiger charge is -2.48. The molecule has 26 heavy (non-hydrogen) atoms. The van der Waals surface area contributed by atoms with Crippen molar-refractivity contribution in [3.05, 3.63) is 36.5 Å². The largest absolute Gasteiger partial charge is 0.472 e. The highest BCUT2D eigenvalue weighted by Gasteiger charge is 2.50. The molecule has 2 aliphatic rings. The summed E-state index contributed by atoms with van der Waals surface area (Å²) in [5.41, 5.74) is 1.54. The Hall–Kier alpha value is -2.61. The van der Waals surface area contributed by atoms with Gasteiger partial charge in [0.05, 0.1) is 36.5 Å². The molecule has 8 heteroatoms. The van der Waals surface area contributed by atoms with E-state index >= 15 is 0 Å². The third-order valence-corrected chi connectivity index (χ3v) is 5.40. The Labute approximate surface area is 151 Å². The van der Waals surface area contributed by atoms with Gasteiger partial charge in [0.25, 0.3) is 0 Å². The molecule has 4 heterocycles. The van der Waals surface area contributed by atoms with Crippen molar-refractivity contribution in [2.45, 2.75) is 25.4 Å². The number of likely N-dealkylation sites (tertiary alicyclic amines) is 1. The lowest BCUT2D eigenvalue weighted by atomic mass is 9.92. The van der Waals surface area contributed by atoms with Gasteiger partial charge in [-0.2, -0.15) is 5.10 Å². The van der Waals surface area contributed by atoms with E-state index < -0.39 is 0 Å². The molecule has 2 aliphatic heterocycles. The molecule has 1 atom stereocenters. The summed E-state index contributed by atoms with van der Waals surface area (Å²) >= 11 is 0. The Morgan fingerprint density at radius 3 is 2.88 bits per heavy atom. The number of piperazine rings is 1. The molecule has 0 aliphatic carbocycles. The molecule has 0 aromatic carbocycles. The normalized spacial score (nSPS) is 24.0. The highest BCUT2D eigenvalue weighted by Crippen LogP contribution is 2.35. The van der Waals surface area contributed by atoms with Crippen LogP contribution in [0.15, 0.2) is 35.4 Å². The maximum Gasteiger partial charge on any atom is 0.246 e. The van der Waals surface area contributed by atoms with E-state index in [9.17, 15) is 9.59 Å². The third-order valence-electron chi connectivity index (χ3n) is 5.40. The number of amides is 2. The first-order valence-electron chi connectivity index (χ1n) is 8.77. The Morgan fingerprint density at radius 1 is 1.38 bits per heavy atom. The summed E-state index contributed by atoms with van der Waals surface area (Å²) in [4.78, 5) is 30.8. The summed E-state index contributed by atoms with van der Waals surface area (Å²) in [5.74, 6) is -0.110. The molecule has 8 nitrogen and oxygen atoms in total. The lowest BCUT2D eigenvalue weighted by Crippen LogP contribution is -2.66. The molecule has 2 saturated heterocycles. The van der Waals surface area contributed by atoms with E-state index in [1.165, 1.54) is 0 Å². The Balaban J connectivity index is 1.58. The van der Waals surface area contributed by atoms with Crippen LogP contribution < -0.4 is 4.90 Å².